The summed E-state index contributed by atoms with van der Waals surface area (Å²) in [6, 6.07) is 12.1. The van der Waals surface area contributed by atoms with Crippen molar-refractivity contribution in [2.75, 3.05) is 7.05 Å². The Morgan fingerprint density at radius 3 is 2.74 bits per heavy atom. The van der Waals surface area contributed by atoms with Crippen molar-refractivity contribution >= 4 is 0 Å². The molecule has 1 heterocycles. The van der Waals surface area contributed by atoms with Crippen molar-refractivity contribution in [1.29, 1.82) is 0 Å². The smallest absolute Gasteiger partial charge is 0.219 e. The molecule has 0 bridgehead atoms. The van der Waals surface area contributed by atoms with Crippen LogP contribution in [0.15, 0.2) is 36.4 Å². The molecule has 3 nitrogen and oxygen atoms in total. The van der Waals surface area contributed by atoms with Crippen LogP contribution in [0.25, 0.3) is 0 Å². The Morgan fingerprint density at radius 2 is 2.05 bits per heavy atom. The molecule has 0 radical (unpaired) electrons. The molecule has 0 atom stereocenters. The first-order valence-corrected chi connectivity index (χ1v) is 6.60. The summed E-state index contributed by atoms with van der Waals surface area (Å²) in [7, 11) is 1.94. The van der Waals surface area contributed by atoms with Gasteiger partial charge in [-0.25, -0.2) is 4.98 Å². The van der Waals surface area contributed by atoms with Gasteiger partial charge in [0.15, 0.2) is 0 Å². The Hall–Kier alpha value is -1.87. The van der Waals surface area contributed by atoms with Gasteiger partial charge in [-0.2, -0.15) is 0 Å². The van der Waals surface area contributed by atoms with Crippen LogP contribution in [0.5, 0.6) is 11.6 Å². The van der Waals surface area contributed by atoms with Crippen LogP contribution in [0.3, 0.4) is 0 Å². The highest BCUT2D eigenvalue weighted by Crippen LogP contribution is 2.22. The molecule has 19 heavy (non-hydrogen) atoms. The van der Waals surface area contributed by atoms with Crippen LogP contribution in [0, 0.1) is 6.92 Å². The lowest BCUT2D eigenvalue weighted by atomic mass is 10.2. The third-order valence-corrected chi connectivity index (χ3v) is 2.87. The normalized spacial score (nSPS) is 10.5. The van der Waals surface area contributed by atoms with Crippen LogP contribution in [0.2, 0.25) is 0 Å². The van der Waals surface area contributed by atoms with Crippen molar-refractivity contribution in [1.82, 2.24) is 10.3 Å². The van der Waals surface area contributed by atoms with E-state index in [0.29, 0.717) is 5.88 Å². The van der Waals surface area contributed by atoms with Crippen LogP contribution in [-0.4, -0.2) is 12.0 Å². The fourth-order valence-corrected chi connectivity index (χ4v) is 1.96. The molecule has 0 spiro atoms. The number of aromatic nitrogens is 1. The lowest BCUT2D eigenvalue weighted by Gasteiger charge is -2.09. The van der Waals surface area contributed by atoms with E-state index < -0.39 is 0 Å². The number of nitrogens with zero attached hydrogens (tertiary/aromatic N) is 1. The first-order chi connectivity index (χ1) is 9.21. The molecule has 2 aromatic rings. The van der Waals surface area contributed by atoms with Gasteiger partial charge in [-0.05, 0) is 49.7 Å². The quantitative estimate of drug-likeness (QED) is 0.889. The molecule has 0 fully saturated rings. The summed E-state index contributed by atoms with van der Waals surface area (Å²) in [5.41, 5.74) is 3.42. The van der Waals surface area contributed by atoms with E-state index >= 15 is 0 Å². The Labute approximate surface area is 114 Å². The fourth-order valence-electron chi connectivity index (χ4n) is 1.96. The fraction of sp³-hybridized carbons (Fsp3) is 0.312. The topological polar surface area (TPSA) is 34.1 Å². The van der Waals surface area contributed by atoms with E-state index in [1.54, 1.807) is 0 Å². The average Bonchev–Trinajstić information content (AvgIpc) is 2.39. The standard InChI is InChI=1S/C16H20N2O/c1-4-14-9-13(11-17-3)10-16(18-14)19-15-7-5-6-12(2)8-15/h5-10,17H,4,11H2,1-3H3. The molecule has 3 heteroatoms. The molecule has 2 rings (SSSR count). The Morgan fingerprint density at radius 1 is 1.21 bits per heavy atom. The minimum absolute atomic E-state index is 0.662. The van der Waals surface area contributed by atoms with Gasteiger partial charge >= 0.3 is 0 Å². The molecule has 100 valence electrons. The third kappa shape index (κ3) is 3.80. The molecular formula is C16H20N2O. The minimum Gasteiger partial charge on any atom is -0.439 e. The molecule has 0 aliphatic rings. The highest BCUT2D eigenvalue weighted by Gasteiger charge is 2.04. The highest BCUT2D eigenvalue weighted by atomic mass is 16.5. The zero-order valence-electron chi connectivity index (χ0n) is 11.7. The first kappa shape index (κ1) is 13.6. The Kier molecular flexibility index (Phi) is 4.53. The van der Waals surface area contributed by atoms with Gasteiger partial charge in [0.2, 0.25) is 5.88 Å². The predicted molar refractivity (Wildman–Crippen MR) is 77.6 cm³/mol. The number of hydrogen-bond acceptors (Lipinski definition) is 3. The van der Waals surface area contributed by atoms with E-state index in [-0.39, 0.29) is 0 Å². The summed E-state index contributed by atoms with van der Waals surface area (Å²) in [6.07, 6.45) is 0.904. The van der Waals surface area contributed by atoms with Crippen molar-refractivity contribution in [2.24, 2.45) is 0 Å². The van der Waals surface area contributed by atoms with Crippen molar-refractivity contribution in [3.63, 3.8) is 0 Å². The van der Waals surface area contributed by atoms with Gasteiger partial charge in [0.1, 0.15) is 5.75 Å². The molecule has 0 unspecified atom stereocenters. The molecule has 0 saturated carbocycles. The van der Waals surface area contributed by atoms with Crippen LogP contribution in [0.4, 0.5) is 0 Å². The van der Waals surface area contributed by atoms with Gasteiger partial charge in [0.25, 0.3) is 0 Å². The maximum atomic E-state index is 5.85. The second-order valence-electron chi connectivity index (χ2n) is 4.61. The van der Waals surface area contributed by atoms with Gasteiger partial charge in [0, 0.05) is 18.3 Å². The SMILES string of the molecule is CCc1cc(CNC)cc(Oc2cccc(C)c2)n1. The molecule has 1 aromatic heterocycles. The van der Waals surface area contributed by atoms with Crippen molar-refractivity contribution in [2.45, 2.75) is 26.8 Å². The summed E-state index contributed by atoms with van der Waals surface area (Å²) in [4.78, 5) is 4.51. The lowest BCUT2D eigenvalue weighted by molar-refractivity contribution is 0.459. The molecule has 1 aromatic carbocycles. The average molecular weight is 256 g/mol. The second kappa shape index (κ2) is 6.34. The van der Waals surface area contributed by atoms with E-state index in [2.05, 4.69) is 36.3 Å². The number of benzene rings is 1. The van der Waals surface area contributed by atoms with Gasteiger partial charge < -0.3 is 10.1 Å². The van der Waals surface area contributed by atoms with Gasteiger partial charge in [-0.3, -0.25) is 0 Å². The number of ether oxygens (including phenoxy) is 1. The summed E-state index contributed by atoms with van der Waals surface area (Å²) in [6.45, 7) is 4.97. The lowest BCUT2D eigenvalue weighted by Crippen LogP contribution is -2.06. The van der Waals surface area contributed by atoms with Gasteiger partial charge in [0.05, 0.1) is 0 Å². The monoisotopic (exact) mass is 256 g/mol. The van der Waals surface area contributed by atoms with Crippen LogP contribution in [0.1, 0.15) is 23.7 Å². The van der Waals surface area contributed by atoms with E-state index in [1.165, 1.54) is 11.1 Å². The number of aryl methyl sites for hydroxylation is 2. The molecule has 0 aliphatic carbocycles. The molecule has 0 aliphatic heterocycles. The van der Waals surface area contributed by atoms with Crippen LogP contribution in [-0.2, 0) is 13.0 Å². The summed E-state index contributed by atoms with van der Waals surface area (Å²) in [5.74, 6) is 1.49. The van der Waals surface area contributed by atoms with E-state index in [4.69, 9.17) is 4.74 Å². The number of pyridine rings is 1. The number of rotatable bonds is 5. The summed E-state index contributed by atoms with van der Waals surface area (Å²) >= 11 is 0. The minimum atomic E-state index is 0.662. The Balaban J connectivity index is 2.26. The zero-order valence-corrected chi connectivity index (χ0v) is 11.7. The highest BCUT2D eigenvalue weighted by molar-refractivity contribution is 5.33. The van der Waals surface area contributed by atoms with Crippen molar-refractivity contribution in [3.8, 4) is 11.6 Å². The van der Waals surface area contributed by atoms with Gasteiger partial charge in [-0.1, -0.05) is 19.1 Å². The summed E-state index contributed by atoms with van der Waals surface area (Å²) < 4.78 is 5.85. The van der Waals surface area contributed by atoms with Crippen molar-refractivity contribution < 1.29 is 4.74 Å². The van der Waals surface area contributed by atoms with E-state index in [0.717, 1.165) is 24.4 Å². The van der Waals surface area contributed by atoms with Crippen LogP contribution >= 0.6 is 0 Å². The van der Waals surface area contributed by atoms with Crippen molar-refractivity contribution in [3.05, 3.63) is 53.2 Å². The van der Waals surface area contributed by atoms with E-state index in [1.807, 2.05) is 31.3 Å². The molecule has 1 N–H and O–H groups in total. The number of nitrogens with one attached hydrogen (secondary N) is 1. The Bertz CT molecular complexity index is 552. The molecule has 0 amide bonds. The molecule has 0 saturated heterocycles. The molecular weight excluding hydrogens is 236 g/mol. The third-order valence-electron chi connectivity index (χ3n) is 2.87. The first-order valence-electron chi connectivity index (χ1n) is 6.60. The maximum absolute atomic E-state index is 5.85. The summed E-state index contributed by atoms with van der Waals surface area (Å²) in [5, 5.41) is 3.15. The maximum Gasteiger partial charge on any atom is 0.219 e. The zero-order chi connectivity index (χ0) is 13.7. The number of hydrogen-bond donors (Lipinski definition) is 1. The van der Waals surface area contributed by atoms with Crippen LogP contribution < -0.4 is 10.1 Å². The largest absolute Gasteiger partial charge is 0.439 e. The van der Waals surface area contributed by atoms with E-state index in [9.17, 15) is 0 Å². The van der Waals surface area contributed by atoms with Gasteiger partial charge in [-0.15, -0.1) is 0 Å². The predicted octanol–water partition coefficient (Wildman–Crippen LogP) is 3.46. The second-order valence-corrected chi connectivity index (χ2v) is 4.61.